The Kier molecular flexibility index (Phi) is 4.96. The number of nitro groups is 1. The SMILES string of the molecule is Cc1cc(C)c(N=Cc2c(C)[nH]n(-c3ccc(Cl)cc3)c2=O)c([N+](=O)[O-])c1. The predicted octanol–water partition coefficient (Wildman–Crippen LogP) is 4.40. The number of H-pyrrole nitrogens is 1. The number of aryl methyl sites for hydroxylation is 3. The molecule has 3 aromatic rings. The molecule has 1 N–H and O–H groups in total. The maximum Gasteiger partial charge on any atom is 0.295 e. The first kappa shape index (κ1) is 18.6. The Bertz CT molecular complexity index is 1110. The standard InChI is InChI=1S/C19H17ClN4O3/c1-11-8-12(2)18(17(9-11)24(26)27)21-10-16-13(3)22-23(19(16)25)15-6-4-14(20)5-7-15/h4-10,22H,1-3H3. The van der Waals surface area contributed by atoms with E-state index in [1.807, 2.05) is 6.07 Å². The quantitative estimate of drug-likeness (QED) is 0.410. The van der Waals surface area contributed by atoms with Crippen molar-refractivity contribution in [1.82, 2.24) is 9.78 Å². The van der Waals surface area contributed by atoms with Crippen molar-refractivity contribution in [3.63, 3.8) is 0 Å². The fourth-order valence-corrected chi connectivity index (χ4v) is 2.98. The van der Waals surface area contributed by atoms with Crippen molar-refractivity contribution in [2.45, 2.75) is 20.8 Å². The van der Waals surface area contributed by atoms with Gasteiger partial charge in [0.25, 0.3) is 11.2 Å². The predicted molar refractivity (Wildman–Crippen MR) is 106 cm³/mol. The molecule has 0 bridgehead atoms. The van der Waals surface area contributed by atoms with Gasteiger partial charge in [-0.3, -0.25) is 20.0 Å². The fraction of sp³-hybridized carbons (Fsp3) is 0.158. The van der Waals surface area contributed by atoms with E-state index in [0.29, 0.717) is 27.5 Å². The number of aliphatic imine (C=N–C) groups is 1. The molecule has 1 heterocycles. The summed E-state index contributed by atoms with van der Waals surface area (Å²) in [5, 5.41) is 14.9. The van der Waals surface area contributed by atoms with Crippen molar-refractivity contribution in [1.29, 1.82) is 0 Å². The van der Waals surface area contributed by atoms with Gasteiger partial charge in [-0.15, -0.1) is 0 Å². The van der Waals surface area contributed by atoms with E-state index in [4.69, 9.17) is 11.6 Å². The van der Waals surface area contributed by atoms with Crippen LogP contribution in [0.4, 0.5) is 11.4 Å². The monoisotopic (exact) mass is 384 g/mol. The molecule has 138 valence electrons. The highest BCUT2D eigenvalue weighted by molar-refractivity contribution is 6.30. The molecule has 0 aliphatic carbocycles. The molecule has 0 amide bonds. The van der Waals surface area contributed by atoms with Gasteiger partial charge in [0.15, 0.2) is 0 Å². The van der Waals surface area contributed by atoms with Crippen molar-refractivity contribution in [3.8, 4) is 5.69 Å². The van der Waals surface area contributed by atoms with Gasteiger partial charge in [0.1, 0.15) is 5.69 Å². The van der Waals surface area contributed by atoms with Gasteiger partial charge in [-0.05, 0) is 56.2 Å². The lowest BCUT2D eigenvalue weighted by Crippen LogP contribution is -2.17. The lowest BCUT2D eigenvalue weighted by atomic mass is 10.1. The van der Waals surface area contributed by atoms with E-state index in [2.05, 4.69) is 10.1 Å². The number of nitrogens with zero attached hydrogens (tertiary/aromatic N) is 3. The summed E-state index contributed by atoms with van der Waals surface area (Å²) in [5.41, 5.74) is 2.87. The molecule has 3 rings (SSSR count). The van der Waals surface area contributed by atoms with E-state index in [0.717, 1.165) is 5.56 Å². The van der Waals surface area contributed by atoms with Crippen LogP contribution < -0.4 is 5.56 Å². The van der Waals surface area contributed by atoms with Crippen LogP contribution in [0, 0.1) is 30.9 Å². The molecule has 0 saturated carbocycles. The maximum absolute atomic E-state index is 12.7. The average molecular weight is 385 g/mol. The van der Waals surface area contributed by atoms with Crippen LogP contribution in [-0.2, 0) is 0 Å². The van der Waals surface area contributed by atoms with Crippen LogP contribution in [0.2, 0.25) is 5.02 Å². The van der Waals surface area contributed by atoms with Crippen LogP contribution >= 0.6 is 11.6 Å². The highest BCUT2D eigenvalue weighted by Gasteiger charge is 2.17. The number of aromatic nitrogens is 2. The van der Waals surface area contributed by atoms with Gasteiger partial charge in [0.05, 0.1) is 16.2 Å². The van der Waals surface area contributed by atoms with Gasteiger partial charge < -0.3 is 0 Å². The molecule has 0 aliphatic heterocycles. The number of hydrogen-bond acceptors (Lipinski definition) is 4. The highest BCUT2D eigenvalue weighted by atomic mass is 35.5. The van der Waals surface area contributed by atoms with Crippen LogP contribution in [0.5, 0.6) is 0 Å². The Morgan fingerprint density at radius 1 is 1.19 bits per heavy atom. The lowest BCUT2D eigenvalue weighted by Gasteiger charge is -2.03. The van der Waals surface area contributed by atoms with Crippen LogP contribution in [0.1, 0.15) is 22.4 Å². The first-order valence-electron chi connectivity index (χ1n) is 8.15. The van der Waals surface area contributed by atoms with Crippen molar-refractivity contribution in [3.05, 3.63) is 84.3 Å². The lowest BCUT2D eigenvalue weighted by molar-refractivity contribution is -0.384. The second kappa shape index (κ2) is 7.20. The van der Waals surface area contributed by atoms with Crippen molar-refractivity contribution in [2.75, 3.05) is 0 Å². The summed E-state index contributed by atoms with van der Waals surface area (Å²) in [6.07, 6.45) is 1.37. The Balaban J connectivity index is 2.06. The van der Waals surface area contributed by atoms with Gasteiger partial charge >= 0.3 is 0 Å². The van der Waals surface area contributed by atoms with Gasteiger partial charge in [-0.1, -0.05) is 17.7 Å². The Hall–Kier alpha value is -3.19. The topological polar surface area (TPSA) is 93.3 Å². The molecular weight excluding hydrogens is 368 g/mol. The maximum atomic E-state index is 12.7. The summed E-state index contributed by atoms with van der Waals surface area (Å²) in [6, 6.07) is 10.1. The van der Waals surface area contributed by atoms with Crippen molar-refractivity contribution >= 4 is 29.2 Å². The average Bonchev–Trinajstić information content (AvgIpc) is 2.88. The second-order valence-electron chi connectivity index (χ2n) is 6.23. The van der Waals surface area contributed by atoms with E-state index in [9.17, 15) is 14.9 Å². The highest BCUT2D eigenvalue weighted by Crippen LogP contribution is 2.32. The molecule has 7 nitrogen and oxygen atoms in total. The molecule has 0 radical (unpaired) electrons. The normalized spacial score (nSPS) is 11.3. The van der Waals surface area contributed by atoms with Gasteiger partial charge in [0.2, 0.25) is 0 Å². The Morgan fingerprint density at radius 3 is 2.48 bits per heavy atom. The minimum absolute atomic E-state index is 0.0880. The van der Waals surface area contributed by atoms with Gasteiger partial charge in [0, 0.05) is 23.0 Å². The number of nitro benzene ring substituents is 1. The van der Waals surface area contributed by atoms with Crippen LogP contribution in [0.15, 0.2) is 46.2 Å². The summed E-state index contributed by atoms with van der Waals surface area (Å²) in [4.78, 5) is 27.9. The van der Waals surface area contributed by atoms with E-state index >= 15 is 0 Å². The summed E-state index contributed by atoms with van der Waals surface area (Å²) in [7, 11) is 0. The number of hydrogen-bond donors (Lipinski definition) is 1. The number of aromatic amines is 1. The molecule has 0 atom stereocenters. The molecule has 0 spiro atoms. The zero-order valence-electron chi connectivity index (χ0n) is 15.0. The van der Waals surface area contributed by atoms with Crippen LogP contribution in [0.25, 0.3) is 5.69 Å². The minimum Gasteiger partial charge on any atom is -0.295 e. The molecule has 0 aliphatic rings. The Labute approximate surface area is 160 Å². The fourth-order valence-electron chi connectivity index (χ4n) is 2.86. The zero-order chi connectivity index (χ0) is 19.7. The van der Waals surface area contributed by atoms with E-state index in [1.165, 1.54) is 17.0 Å². The summed E-state index contributed by atoms with van der Waals surface area (Å²) in [5.74, 6) is 0. The number of rotatable bonds is 4. The molecular formula is C19H17ClN4O3. The third kappa shape index (κ3) is 3.68. The molecule has 0 saturated heterocycles. The number of nitrogens with one attached hydrogen (secondary N) is 1. The van der Waals surface area contributed by atoms with E-state index in [-0.39, 0.29) is 16.9 Å². The third-order valence-corrected chi connectivity index (χ3v) is 4.40. The number of benzene rings is 2. The largest absolute Gasteiger partial charge is 0.295 e. The van der Waals surface area contributed by atoms with Crippen molar-refractivity contribution in [2.24, 2.45) is 4.99 Å². The molecule has 27 heavy (non-hydrogen) atoms. The molecule has 0 unspecified atom stereocenters. The third-order valence-electron chi connectivity index (χ3n) is 4.15. The van der Waals surface area contributed by atoms with Gasteiger partial charge in [-0.25, -0.2) is 9.67 Å². The second-order valence-corrected chi connectivity index (χ2v) is 6.67. The smallest absolute Gasteiger partial charge is 0.295 e. The molecule has 0 fully saturated rings. The number of halogens is 1. The van der Waals surface area contributed by atoms with Crippen LogP contribution in [-0.4, -0.2) is 20.9 Å². The Morgan fingerprint density at radius 2 is 1.85 bits per heavy atom. The first-order chi connectivity index (χ1) is 12.8. The minimum atomic E-state index is -0.470. The van der Waals surface area contributed by atoms with E-state index < -0.39 is 4.92 Å². The summed E-state index contributed by atoms with van der Waals surface area (Å²) in [6.45, 7) is 5.28. The summed E-state index contributed by atoms with van der Waals surface area (Å²) >= 11 is 5.89. The molecule has 8 heteroatoms. The van der Waals surface area contributed by atoms with Crippen LogP contribution in [0.3, 0.4) is 0 Å². The zero-order valence-corrected chi connectivity index (χ0v) is 15.7. The first-order valence-corrected chi connectivity index (χ1v) is 8.53. The van der Waals surface area contributed by atoms with E-state index in [1.54, 1.807) is 45.0 Å². The molecule has 2 aromatic carbocycles. The summed E-state index contributed by atoms with van der Waals surface area (Å²) < 4.78 is 1.38. The molecule has 1 aromatic heterocycles. The van der Waals surface area contributed by atoms with Gasteiger partial charge in [-0.2, -0.15) is 0 Å². The van der Waals surface area contributed by atoms with Crippen molar-refractivity contribution < 1.29 is 4.92 Å².